The third kappa shape index (κ3) is 0.936. The van der Waals surface area contributed by atoms with Crippen LogP contribution < -0.4 is 0 Å². The van der Waals surface area contributed by atoms with Crippen molar-refractivity contribution in [2.24, 2.45) is 5.92 Å². The van der Waals surface area contributed by atoms with Gasteiger partial charge in [-0.25, -0.2) is 0 Å². The highest BCUT2D eigenvalue weighted by Crippen LogP contribution is 2.46. The van der Waals surface area contributed by atoms with Crippen LogP contribution in [-0.4, -0.2) is 23.5 Å². The van der Waals surface area contributed by atoms with Crippen molar-refractivity contribution < 1.29 is 0 Å². The van der Waals surface area contributed by atoms with Crippen molar-refractivity contribution in [2.45, 2.75) is 50.6 Å². The van der Waals surface area contributed by atoms with Crippen molar-refractivity contribution in [3.05, 3.63) is 0 Å². The number of hydrogen-bond acceptors (Lipinski definition) is 1. The summed E-state index contributed by atoms with van der Waals surface area (Å²) in [5.74, 6) is 1.13. The topological polar surface area (TPSA) is 3.24 Å². The zero-order valence-electron chi connectivity index (χ0n) is 7.13. The molecule has 0 aromatic carbocycles. The van der Waals surface area contributed by atoms with Crippen LogP contribution in [0.3, 0.4) is 0 Å². The van der Waals surface area contributed by atoms with Crippen molar-refractivity contribution >= 4 is 0 Å². The van der Waals surface area contributed by atoms with E-state index in [0.29, 0.717) is 0 Å². The summed E-state index contributed by atoms with van der Waals surface area (Å²) in [5.41, 5.74) is 0. The molecule has 0 radical (unpaired) electrons. The molecule has 11 heavy (non-hydrogen) atoms. The Labute approximate surface area is 68.8 Å². The van der Waals surface area contributed by atoms with Gasteiger partial charge in [-0.15, -0.1) is 0 Å². The fraction of sp³-hybridized carbons (Fsp3) is 1.00. The minimum Gasteiger partial charge on any atom is -0.297 e. The fourth-order valence-corrected chi connectivity index (χ4v) is 2.82. The number of nitrogens with zero attached hydrogens (tertiary/aromatic N) is 1. The second-order valence-electron chi connectivity index (χ2n) is 4.53. The third-order valence-electron chi connectivity index (χ3n) is 3.85. The lowest BCUT2D eigenvalue weighted by molar-refractivity contribution is 0.0946. The van der Waals surface area contributed by atoms with Gasteiger partial charge in [0.05, 0.1) is 0 Å². The maximum atomic E-state index is 2.82. The predicted molar refractivity (Wildman–Crippen MR) is 45.5 cm³/mol. The van der Waals surface area contributed by atoms with Gasteiger partial charge in [-0.1, -0.05) is 6.42 Å². The summed E-state index contributed by atoms with van der Waals surface area (Å²) >= 11 is 0. The molecule has 1 heterocycles. The van der Waals surface area contributed by atoms with Gasteiger partial charge in [0.25, 0.3) is 0 Å². The molecule has 0 bridgehead atoms. The van der Waals surface area contributed by atoms with Crippen LogP contribution in [0, 0.1) is 5.92 Å². The minimum absolute atomic E-state index is 1.02. The molecule has 1 saturated heterocycles. The zero-order chi connectivity index (χ0) is 7.26. The van der Waals surface area contributed by atoms with Gasteiger partial charge in [0.15, 0.2) is 0 Å². The van der Waals surface area contributed by atoms with Gasteiger partial charge in [-0.05, 0) is 44.6 Å². The minimum atomic E-state index is 1.02. The van der Waals surface area contributed by atoms with E-state index in [9.17, 15) is 0 Å². The number of likely N-dealkylation sites (tertiary alicyclic amines) is 1. The molecule has 2 unspecified atom stereocenters. The molecule has 0 N–H and O–H groups in total. The van der Waals surface area contributed by atoms with E-state index >= 15 is 0 Å². The third-order valence-corrected chi connectivity index (χ3v) is 3.85. The smallest absolute Gasteiger partial charge is 0.0130 e. The maximum Gasteiger partial charge on any atom is 0.0130 e. The molecular formula is C10H17N. The average molecular weight is 151 g/mol. The molecule has 0 amide bonds. The second-order valence-corrected chi connectivity index (χ2v) is 4.53. The largest absolute Gasteiger partial charge is 0.297 e. The van der Waals surface area contributed by atoms with Crippen LogP contribution in [0.1, 0.15) is 38.5 Å². The summed E-state index contributed by atoms with van der Waals surface area (Å²) in [4.78, 5) is 2.82. The van der Waals surface area contributed by atoms with E-state index in [2.05, 4.69) is 4.90 Å². The number of piperidine rings is 1. The SMILES string of the molecule is C1CC(N2CCCC3CC32)C1. The molecule has 2 saturated carbocycles. The monoisotopic (exact) mass is 151 g/mol. The number of fused-ring (bicyclic) bond motifs is 1. The summed E-state index contributed by atoms with van der Waals surface area (Å²) in [6.45, 7) is 1.42. The number of hydrogen-bond donors (Lipinski definition) is 0. The first-order valence-electron chi connectivity index (χ1n) is 5.21. The second kappa shape index (κ2) is 2.22. The van der Waals surface area contributed by atoms with E-state index in [4.69, 9.17) is 0 Å². The van der Waals surface area contributed by atoms with Crippen LogP contribution in [0.5, 0.6) is 0 Å². The molecule has 0 aromatic rings. The predicted octanol–water partition coefficient (Wildman–Crippen LogP) is 2.02. The molecule has 3 fully saturated rings. The zero-order valence-corrected chi connectivity index (χ0v) is 7.13. The lowest BCUT2D eigenvalue weighted by Gasteiger charge is -2.39. The Hall–Kier alpha value is -0.0400. The van der Waals surface area contributed by atoms with E-state index in [1.54, 1.807) is 0 Å². The van der Waals surface area contributed by atoms with Gasteiger partial charge in [0.1, 0.15) is 0 Å². The van der Waals surface area contributed by atoms with E-state index in [1.165, 1.54) is 45.1 Å². The summed E-state index contributed by atoms with van der Waals surface area (Å²) in [6, 6.07) is 2.07. The molecule has 1 aliphatic heterocycles. The first-order valence-corrected chi connectivity index (χ1v) is 5.21. The summed E-state index contributed by atoms with van der Waals surface area (Å²) in [5, 5.41) is 0. The first-order chi connectivity index (χ1) is 5.45. The van der Waals surface area contributed by atoms with Crippen molar-refractivity contribution in [1.82, 2.24) is 4.90 Å². The van der Waals surface area contributed by atoms with Crippen LogP contribution in [0.4, 0.5) is 0 Å². The number of rotatable bonds is 1. The van der Waals surface area contributed by atoms with Gasteiger partial charge >= 0.3 is 0 Å². The normalized spacial score (nSPS) is 44.7. The lowest BCUT2D eigenvalue weighted by atomic mass is 9.90. The van der Waals surface area contributed by atoms with Gasteiger partial charge < -0.3 is 0 Å². The van der Waals surface area contributed by atoms with Crippen LogP contribution in [0.2, 0.25) is 0 Å². The Morgan fingerprint density at radius 1 is 1.00 bits per heavy atom. The highest BCUT2D eigenvalue weighted by Gasteiger charge is 2.46. The molecule has 1 heteroatoms. The standard InChI is InChI=1S/C10H17N/c1-4-9(5-1)11-6-2-3-8-7-10(8)11/h8-10H,1-7H2. The van der Waals surface area contributed by atoms with Crippen LogP contribution >= 0.6 is 0 Å². The Morgan fingerprint density at radius 3 is 2.64 bits per heavy atom. The highest BCUT2D eigenvalue weighted by molar-refractivity contribution is 5.01. The Morgan fingerprint density at radius 2 is 1.91 bits per heavy atom. The first kappa shape index (κ1) is 6.47. The molecule has 62 valence electrons. The molecule has 3 aliphatic rings. The summed E-state index contributed by atoms with van der Waals surface area (Å²) in [6.07, 6.45) is 9.06. The van der Waals surface area contributed by atoms with E-state index in [-0.39, 0.29) is 0 Å². The van der Waals surface area contributed by atoms with E-state index in [1.807, 2.05) is 0 Å². The molecular weight excluding hydrogens is 134 g/mol. The Bertz CT molecular complexity index is 160. The molecule has 0 spiro atoms. The van der Waals surface area contributed by atoms with Crippen LogP contribution in [0.15, 0.2) is 0 Å². The summed E-state index contributed by atoms with van der Waals surface area (Å²) in [7, 11) is 0. The molecule has 1 nitrogen and oxygen atoms in total. The van der Waals surface area contributed by atoms with Gasteiger partial charge in [-0.2, -0.15) is 0 Å². The maximum absolute atomic E-state index is 2.82. The van der Waals surface area contributed by atoms with Gasteiger partial charge in [0.2, 0.25) is 0 Å². The highest BCUT2D eigenvalue weighted by atomic mass is 15.2. The van der Waals surface area contributed by atoms with Crippen molar-refractivity contribution in [3.63, 3.8) is 0 Å². The van der Waals surface area contributed by atoms with E-state index < -0.39 is 0 Å². The van der Waals surface area contributed by atoms with Crippen molar-refractivity contribution in [1.29, 1.82) is 0 Å². The quantitative estimate of drug-likeness (QED) is 0.554. The fourth-order valence-electron chi connectivity index (χ4n) is 2.82. The Kier molecular flexibility index (Phi) is 1.31. The van der Waals surface area contributed by atoms with Crippen LogP contribution in [-0.2, 0) is 0 Å². The lowest BCUT2D eigenvalue weighted by Crippen LogP contribution is -2.44. The molecule has 2 aliphatic carbocycles. The Balaban J connectivity index is 1.67. The molecule has 0 aromatic heterocycles. The van der Waals surface area contributed by atoms with Crippen LogP contribution in [0.25, 0.3) is 0 Å². The molecule has 2 atom stereocenters. The average Bonchev–Trinajstić information content (AvgIpc) is 2.62. The van der Waals surface area contributed by atoms with Gasteiger partial charge in [-0.3, -0.25) is 4.90 Å². The van der Waals surface area contributed by atoms with Crippen molar-refractivity contribution in [3.8, 4) is 0 Å². The molecule has 3 rings (SSSR count). The summed E-state index contributed by atoms with van der Waals surface area (Å²) < 4.78 is 0. The van der Waals surface area contributed by atoms with E-state index in [0.717, 1.165) is 18.0 Å². The van der Waals surface area contributed by atoms with Gasteiger partial charge in [0, 0.05) is 12.1 Å². The van der Waals surface area contributed by atoms with Crippen molar-refractivity contribution in [2.75, 3.05) is 6.54 Å².